The van der Waals surface area contributed by atoms with Crippen molar-refractivity contribution in [3.05, 3.63) is 65.7 Å². The van der Waals surface area contributed by atoms with E-state index in [1.807, 2.05) is 53.4 Å². The van der Waals surface area contributed by atoms with Crippen LogP contribution in [0.2, 0.25) is 0 Å². The minimum absolute atomic E-state index is 0.0105. The number of para-hydroxylation sites is 1. The average molecular weight is 364 g/mol. The molecule has 0 N–H and O–H groups in total. The largest absolute Gasteiger partial charge is 0.445 e. The van der Waals surface area contributed by atoms with Gasteiger partial charge in [-0.1, -0.05) is 48.5 Å². The summed E-state index contributed by atoms with van der Waals surface area (Å²) in [4.78, 5) is 29.3. The number of carbonyl (C=O) groups is 2. The molecule has 4 rings (SSSR count). The molecule has 2 aliphatic heterocycles. The molecule has 0 radical (unpaired) electrons. The lowest BCUT2D eigenvalue weighted by Gasteiger charge is -2.33. The number of hydrogen-bond donors (Lipinski definition) is 0. The molecule has 0 bridgehead atoms. The predicted molar refractivity (Wildman–Crippen MR) is 103 cm³/mol. The standard InChI is InChI=1S/C22H24N2O3/c25-21(23-14-6-11-18-10-4-5-12-19(18)23)20-13-7-15-24(20)22(26)27-16-17-8-2-1-3-9-17/h1-5,8-10,12,20H,6-7,11,13-16H2. The molecular formula is C22H24N2O3. The van der Waals surface area contributed by atoms with Gasteiger partial charge >= 0.3 is 6.09 Å². The number of carbonyl (C=O) groups excluding carboxylic acids is 2. The Bertz CT molecular complexity index is 821. The molecule has 2 heterocycles. The molecule has 0 spiro atoms. The summed E-state index contributed by atoms with van der Waals surface area (Å²) in [6.07, 6.45) is 3.06. The Morgan fingerprint density at radius 1 is 0.963 bits per heavy atom. The number of fused-ring (bicyclic) bond motifs is 1. The number of benzene rings is 2. The first-order valence-corrected chi connectivity index (χ1v) is 9.60. The highest BCUT2D eigenvalue weighted by molar-refractivity contribution is 5.99. The summed E-state index contributed by atoms with van der Waals surface area (Å²) < 4.78 is 5.47. The number of aryl methyl sites for hydroxylation is 1. The molecule has 2 aromatic rings. The molecule has 0 aromatic heterocycles. The van der Waals surface area contributed by atoms with Crippen LogP contribution in [-0.2, 0) is 22.6 Å². The van der Waals surface area contributed by atoms with Crippen molar-refractivity contribution in [1.82, 2.24) is 4.90 Å². The average Bonchev–Trinajstić information content (AvgIpc) is 3.22. The van der Waals surface area contributed by atoms with Gasteiger partial charge in [-0.05, 0) is 42.9 Å². The molecule has 27 heavy (non-hydrogen) atoms. The number of anilines is 1. The monoisotopic (exact) mass is 364 g/mol. The zero-order valence-corrected chi connectivity index (χ0v) is 15.3. The van der Waals surface area contributed by atoms with Gasteiger partial charge in [0.25, 0.3) is 0 Å². The van der Waals surface area contributed by atoms with Crippen LogP contribution in [0.1, 0.15) is 30.4 Å². The Morgan fingerprint density at radius 2 is 1.74 bits per heavy atom. The van der Waals surface area contributed by atoms with Crippen molar-refractivity contribution in [1.29, 1.82) is 0 Å². The van der Waals surface area contributed by atoms with E-state index in [1.54, 1.807) is 4.90 Å². The number of hydrogen-bond acceptors (Lipinski definition) is 3. The second kappa shape index (κ2) is 7.82. The summed E-state index contributed by atoms with van der Waals surface area (Å²) in [5.74, 6) is 0.0105. The van der Waals surface area contributed by atoms with Gasteiger partial charge in [-0.25, -0.2) is 4.79 Å². The lowest BCUT2D eigenvalue weighted by molar-refractivity contribution is -0.122. The van der Waals surface area contributed by atoms with Crippen LogP contribution in [0, 0.1) is 0 Å². The summed E-state index contributed by atoms with van der Waals surface area (Å²) in [6, 6.07) is 17.2. The fourth-order valence-electron chi connectivity index (χ4n) is 3.99. The zero-order chi connectivity index (χ0) is 18.6. The highest BCUT2D eigenvalue weighted by atomic mass is 16.6. The minimum atomic E-state index is -0.431. The van der Waals surface area contributed by atoms with Crippen LogP contribution in [0.25, 0.3) is 0 Å². The number of amides is 2. The van der Waals surface area contributed by atoms with E-state index < -0.39 is 12.1 Å². The zero-order valence-electron chi connectivity index (χ0n) is 15.3. The second-order valence-electron chi connectivity index (χ2n) is 7.11. The smallest absolute Gasteiger partial charge is 0.410 e. The first kappa shape index (κ1) is 17.6. The molecule has 5 nitrogen and oxygen atoms in total. The van der Waals surface area contributed by atoms with E-state index in [2.05, 4.69) is 6.07 Å². The van der Waals surface area contributed by atoms with E-state index in [0.29, 0.717) is 19.5 Å². The fraction of sp³-hybridized carbons (Fsp3) is 0.364. The van der Waals surface area contributed by atoms with Crippen LogP contribution >= 0.6 is 0 Å². The molecule has 2 aliphatic rings. The first-order chi connectivity index (χ1) is 13.2. The molecule has 1 fully saturated rings. The third kappa shape index (κ3) is 3.68. The van der Waals surface area contributed by atoms with Gasteiger partial charge in [-0.3, -0.25) is 9.69 Å². The van der Waals surface area contributed by atoms with Crippen LogP contribution in [0.4, 0.5) is 10.5 Å². The quantitative estimate of drug-likeness (QED) is 0.833. The third-order valence-electron chi connectivity index (χ3n) is 5.35. The van der Waals surface area contributed by atoms with Crippen LogP contribution in [0.5, 0.6) is 0 Å². The summed E-state index contributed by atoms with van der Waals surface area (Å²) in [6.45, 7) is 1.50. The van der Waals surface area contributed by atoms with Gasteiger partial charge in [0.1, 0.15) is 12.6 Å². The first-order valence-electron chi connectivity index (χ1n) is 9.60. The molecular weight excluding hydrogens is 340 g/mol. The molecule has 0 aliphatic carbocycles. The molecule has 0 saturated carbocycles. The van der Waals surface area contributed by atoms with Crippen LogP contribution in [-0.4, -0.2) is 36.0 Å². The lowest BCUT2D eigenvalue weighted by Crippen LogP contribution is -2.49. The number of rotatable bonds is 3. The number of ether oxygens (including phenoxy) is 1. The number of nitrogens with zero attached hydrogens (tertiary/aromatic N) is 2. The van der Waals surface area contributed by atoms with E-state index >= 15 is 0 Å². The molecule has 1 saturated heterocycles. The maximum absolute atomic E-state index is 13.2. The Kier molecular flexibility index (Phi) is 5.10. The van der Waals surface area contributed by atoms with Crippen molar-refractivity contribution in [2.45, 2.75) is 38.3 Å². The summed E-state index contributed by atoms with van der Waals surface area (Å²) in [5.41, 5.74) is 3.13. The van der Waals surface area contributed by atoms with Gasteiger partial charge in [0.15, 0.2) is 0 Å². The van der Waals surface area contributed by atoms with E-state index in [9.17, 15) is 9.59 Å². The highest BCUT2D eigenvalue weighted by Crippen LogP contribution is 2.30. The number of likely N-dealkylation sites (tertiary alicyclic amines) is 1. The summed E-state index contributed by atoms with van der Waals surface area (Å²) in [5, 5.41) is 0. The van der Waals surface area contributed by atoms with E-state index in [0.717, 1.165) is 30.5 Å². The molecule has 1 unspecified atom stereocenters. The molecule has 2 amide bonds. The Morgan fingerprint density at radius 3 is 2.59 bits per heavy atom. The maximum Gasteiger partial charge on any atom is 0.410 e. The van der Waals surface area contributed by atoms with Crippen molar-refractivity contribution in [2.75, 3.05) is 18.0 Å². The van der Waals surface area contributed by atoms with Gasteiger partial charge in [-0.15, -0.1) is 0 Å². The van der Waals surface area contributed by atoms with Crippen LogP contribution in [0.3, 0.4) is 0 Å². The topological polar surface area (TPSA) is 49.9 Å². The van der Waals surface area contributed by atoms with Crippen molar-refractivity contribution < 1.29 is 14.3 Å². The molecule has 2 aromatic carbocycles. The SMILES string of the molecule is O=C(C1CCCN1C(=O)OCc1ccccc1)N1CCCc2ccccc21. The Hall–Kier alpha value is -2.82. The predicted octanol–water partition coefficient (Wildman–Crippen LogP) is 3.77. The van der Waals surface area contributed by atoms with Crippen molar-refractivity contribution in [3.63, 3.8) is 0 Å². The lowest BCUT2D eigenvalue weighted by atomic mass is 10.0. The third-order valence-corrected chi connectivity index (χ3v) is 5.35. The van der Waals surface area contributed by atoms with Crippen molar-refractivity contribution >= 4 is 17.7 Å². The fourth-order valence-corrected chi connectivity index (χ4v) is 3.99. The van der Waals surface area contributed by atoms with Crippen LogP contribution < -0.4 is 4.90 Å². The Balaban J connectivity index is 1.45. The normalized spacial score (nSPS) is 18.9. The van der Waals surface area contributed by atoms with Gasteiger partial charge in [0.2, 0.25) is 5.91 Å². The van der Waals surface area contributed by atoms with Crippen LogP contribution in [0.15, 0.2) is 54.6 Å². The molecule has 140 valence electrons. The molecule has 1 atom stereocenters. The van der Waals surface area contributed by atoms with Crippen molar-refractivity contribution in [2.24, 2.45) is 0 Å². The van der Waals surface area contributed by atoms with Gasteiger partial charge < -0.3 is 9.64 Å². The van der Waals surface area contributed by atoms with E-state index in [4.69, 9.17) is 4.74 Å². The summed E-state index contributed by atoms with van der Waals surface area (Å²) in [7, 11) is 0. The van der Waals surface area contributed by atoms with Gasteiger partial charge in [0.05, 0.1) is 0 Å². The maximum atomic E-state index is 13.2. The van der Waals surface area contributed by atoms with E-state index in [1.165, 1.54) is 5.56 Å². The highest BCUT2D eigenvalue weighted by Gasteiger charge is 2.38. The van der Waals surface area contributed by atoms with E-state index in [-0.39, 0.29) is 12.5 Å². The van der Waals surface area contributed by atoms with Crippen molar-refractivity contribution in [3.8, 4) is 0 Å². The second-order valence-corrected chi connectivity index (χ2v) is 7.11. The van der Waals surface area contributed by atoms with Gasteiger partial charge in [0, 0.05) is 18.8 Å². The summed E-state index contributed by atoms with van der Waals surface area (Å²) >= 11 is 0. The van der Waals surface area contributed by atoms with Gasteiger partial charge in [-0.2, -0.15) is 0 Å². The Labute approximate surface area is 159 Å². The molecule has 5 heteroatoms. The minimum Gasteiger partial charge on any atom is -0.445 e.